The van der Waals surface area contributed by atoms with Crippen LogP contribution in [0.1, 0.15) is 23.7 Å². The Kier molecular flexibility index (Phi) is 4.26. The normalized spacial score (nSPS) is 16.2. The molecule has 0 spiro atoms. The van der Waals surface area contributed by atoms with E-state index in [0.29, 0.717) is 12.6 Å². The van der Waals surface area contributed by atoms with Gasteiger partial charge in [0.25, 0.3) is 0 Å². The van der Waals surface area contributed by atoms with Crippen LogP contribution in [0, 0.1) is 0 Å². The Balaban J connectivity index is 1.49. The lowest BCUT2D eigenvalue weighted by atomic mass is 9.96. The summed E-state index contributed by atoms with van der Waals surface area (Å²) in [5.74, 6) is 0.257. The van der Waals surface area contributed by atoms with Crippen molar-refractivity contribution in [2.24, 2.45) is 0 Å². The third-order valence-electron chi connectivity index (χ3n) is 4.30. The van der Waals surface area contributed by atoms with Crippen molar-refractivity contribution in [1.29, 1.82) is 0 Å². The van der Waals surface area contributed by atoms with Gasteiger partial charge in [0, 0.05) is 0 Å². The second-order valence-electron chi connectivity index (χ2n) is 5.92. The number of aromatic nitrogens is 3. The average molecular weight is 334 g/mol. The van der Waals surface area contributed by atoms with Crippen LogP contribution in [-0.2, 0) is 16.0 Å². The molecule has 1 N–H and O–H groups in total. The summed E-state index contributed by atoms with van der Waals surface area (Å²) in [4.78, 5) is 12.5. The number of amides is 1. The predicted octanol–water partition coefficient (Wildman–Crippen LogP) is 2.91. The van der Waals surface area contributed by atoms with Gasteiger partial charge in [0.05, 0.1) is 24.8 Å². The maximum atomic E-state index is 12.5. The number of hydrogen-bond donors (Lipinski definition) is 1. The first-order valence-electron chi connectivity index (χ1n) is 8.26. The maximum absolute atomic E-state index is 12.5. The molecule has 6 nitrogen and oxygen atoms in total. The number of nitrogens with one attached hydrogen (secondary N) is 1. The van der Waals surface area contributed by atoms with E-state index in [2.05, 4.69) is 21.6 Å². The van der Waals surface area contributed by atoms with Crippen LogP contribution in [0.15, 0.2) is 60.9 Å². The van der Waals surface area contributed by atoms with E-state index in [-0.39, 0.29) is 18.4 Å². The van der Waals surface area contributed by atoms with E-state index in [1.165, 1.54) is 5.56 Å². The van der Waals surface area contributed by atoms with E-state index in [9.17, 15) is 4.79 Å². The van der Waals surface area contributed by atoms with Gasteiger partial charge in [-0.05, 0) is 29.7 Å². The Hall–Kier alpha value is -2.99. The van der Waals surface area contributed by atoms with Gasteiger partial charge in [0.15, 0.2) is 0 Å². The van der Waals surface area contributed by atoms with Gasteiger partial charge in [-0.2, -0.15) is 0 Å². The number of rotatable bonds is 4. The van der Waals surface area contributed by atoms with Gasteiger partial charge in [-0.15, -0.1) is 10.2 Å². The smallest absolute Gasteiger partial charge is 0.235 e. The van der Waals surface area contributed by atoms with E-state index < -0.39 is 0 Å². The van der Waals surface area contributed by atoms with Gasteiger partial charge in [-0.3, -0.25) is 14.7 Å². The van der Waals surface area contributed by atoms with Gasteiger partial charge in [0.2, 0.25) is 11.9 Å². The average Bonchev–Trinajstić information content (AvgIpc) is 3.11. The maximum Gasteiger partial charge on any atom is 0.235 e. The van der Waals surface area contributed by atoms with Gasteiger partial charge in [0.1, 0.15) is 6.33 Å². The molecule has 3 aromatic rings. The molecule has 0 aliphatic carbocycles. The van der Waals surface area contributed by atoms with E-state index >= 15 is 0 Å². The summed E-state index contributed by atoms with van der Waals surface area (Å²) in [7, 11) is 0. The zero-order chi connectivity index (χ0) is 17.1. The zero-order valence-corrected chi connectivity index (χ0v) is 13.6. The molecule has 126 valence electrons. The molecule has 0 bridgehead atoms. The third kappa shape index (κ3) is 3.29. The lowest BCUT2D eigenvalue weighted by Gasteiger charge is -2.25. The predicted molar refractivity (Wildman–Crippen MR) is 93.4 cm³/mol. The van der Waals surface area contributed by atoms with Crippen LogP contribution in [0.3, 0.4) is 0 Å². The highest BCUT2D eigenvalue weighted by Crippen LogP contribution is 2.29. The van der Waals surface area contributed by atoms with E-state index in [0.717, 1.165) is 17.7 Å². The standard InChI is InChI=1S/C19H18N4O2/c24-18(12-17-16-9-5-4-6-14(16)10-11-25-17)21-19-22-20-13-23(19)15-7-2-1-3-8-15/h1-9,13,17H,10-12H2,(H,21,22,24)/t17-/m1/s1. The minimum atomic E-state index is -0.224. The van der Waals surface area contributed by atoms with Crippen molar-refractivity contribution in [2.75, 3.05) is 11.9 Å². The molecule has 0 fully saturated rings. The number of nitrogens with zero attached hydrogens (tertiary/aromatic N) is 3. The molecule has 6 heteroatoms. The van der Waals surface area contributed by atoms with Crippen molar-refractivity contribution in [2.45, 2.75) is 18.9 Å². The zero-order valence-electron chi connectivity index (χ0n) is 13.6. The Morgan fingerprint density at radius 2 is 1.96 bits per heavy atom. The van der Waals surface area contributed by atoms with Crippen LogP contribution in [0.25, 0.3) is 5.69 Å². The fraction of sp³-hybridized carbons (Fsp3) is 0.211. The van der Waals surface area contributed by atoms with Crippen LogP contribution in [0.2, 0.25) is 0 Å². The first kappa shape index (κ1) is 15.5. The van der Waals surface area contributed by atoms with Crippen molar-refractivity contribution in [3.8, 4) is 5.69 Å². The number of anilines is 1. The van der Waals surface area contributed by atoms with Crippen molar-refractivity contribution in [1.82, 2.24) is 14.8 Å². The van der Waals surface area contributed by atoms with Gasteiger partial charge < -0.3 is 4.74 Å². The Morgan fingerprint density at radius 1 is 1.16 bits per heavy atom. The molecule has 0 radical (unpaired) electrons. The van der Waals surface area contributed by atoms with Gasteiger partial charge in [-0.1, -0.05) is 42.5 Å². The lowest BCUT2D eigenvalue weighted by Crippen LogP contribution is -2.23. The topological polar surface area (TPSA) is 69.0 Å². The SMILES string of the molecule is O=C(C[C@H]1OCCc2ccccc21)Nc1nncn1-c1ccccc1. The number of fused-ring (bicyclic) bond motifs is 1. The molecule has 2 heterocycles. The molecule has 1 aliphatic heterocycles. The Bertz CT molecular complexity index is 876. The van der Waals surface area contributed by atoms with Crippen molar-refractivity contribution in [3.63, 3.8) is 0 Å². The minimum absolute atomic E-state index is 0.146. The summed E-state index contributed by atoms with van der Waals surface area (Å²) in [5.41, 5.74) is 3.23. The molecule has 4 rings (SSSR count). The van der Waals surface area contributed by atoms with Crippen LogP contribution < -0.4 is 5.32 Å². The summed E-state index contributed by atoms with van der Waals surface area (Å²) in [6, 6.07) is 17.8. The number of carbonyl (C=O) groups excluding carboxylic acids is 1. The number of hydrogen-bond acceptors (Lipinski definition) is 4. The van der Waals surface area contributed by atoms with Crippen molar-refractivity contribution >= 4 is 11.9 Å². The molecule has 0 saturated carbocycles. The molecule has 1 atom stereocenters. The fourth-order valence-corrected chi connectivity index (χ4v) is 3.09. The summed E-state index contributed by atoms with van der Waals surface area (Å²) in [6.07, 6.45) is 2.49. The number of benzene rings is 2. The first-order valence-corrected chi connectivity index (χ1v) is 8.26. The highest BCUT2D eigenvalue weighted by Gasteiger charge is 2.23. The highest BCUT2D eigenvalue weighted by molar-refractivity contribution is 5.89. The van der Waals surface area contributed by atoms with Crippen LogP contribution in [0.5, 0.6) is 0 Å². The number of para-hydroxylation sites is 1. The van der Waals surface area contributed by atoms with Gasteiger partial charge in [-0.25, -0.2) is 0 Å². The molecule has 0 unspecified atom stereocenters. The minimum Gasteiger partial charge on any atom is -0.373 e. The fourth-order valence-electron chi connectivity index (χ4n) is 3.09. The van der Waals surface area contributed by atoms with Crippen molar-refractivity contribution < 1.29 is 9.53 Å². The Labute approximate surface area is 145 Å². The molecule has 0 saturated heterocycles. The number of carbonyl (C=O) groups is 1. The quantitative estimate of drug-likeness (QED) is 0.796. The van der Waals surface area contributed by atoms with E-state index in [1.54, 1.807) is 10.9 Å². The molecule has 1 aliphatic rings. The summed E-state index contributed by atoms with van der Waals surface area (Å²) < 4.78 is 7.55. The Morgan fingerprint density at radius 3 is 2.84 bits per heavy atom. The highest BCUT2D eigenvalue weighted by atomic mass is 16.5. The molecule has 25 heavy (non-hydrogen) atoms. The van der Waals surface area contributed by atoms with Crippen LogP contribution in [-0.4, -0.2) is 27.3 Å². The first-order chi connectivity index (χ1) is 12.3. The van der Waals surface area contributed by atoms with E-state index in [4.69, 9.17) is 4.74 Å². The molecular weight excluding hydrogens is 316 g/mol. The monoisotopic (exact) mass is 334 g/mol. The molecule has 1 aromatic heterocycles. The van der Waals surface area contributed by atoms with Crippen LogP contribution >= 0.6 is 0 Å². The summed E-state index contributed by atoms with van der Waals surface area (Å²) in [5, 5.41) is 10.7. The molecule has 1 amide bonds. The summed E-state index contributed by atoms with van der Waals surface area (Å²) >= 11 is 0. The largest absolute Gasteiger partial charge is 0.373 e. The van der Waals surface area contributed by atoms with E-state index in [1.807, 2.05) is 48.5 Å². The van der Waals surface area contributed by atoms with Gasteiger partial charge >= 0.3 is 0 Å². The third-order valence-corrected chi connectivity index (χ3v) is 4.30. The second-order valence-corrected chi connectivity index (χ2v) is 5.92. The summed E-state index contributed by atoms with van der Waals surface area (Å²) in [6.45, 7) is 0.634. The lowest BCUT2D eigenvalue weighted by molar-refractivity contribution is -0.119. The molecular formula is C19H18N4O2. The second kappa shape index (κ2) is 6.86. The number of ether oxygens (including phenoxy) is 1. The van der Waals surface area contributed by atoms with Crippen LogP contribution in [0.4, 0.5) is 5.95 Å². The van der Waals surface area contributed by atoms with Crippen molar-refractivity contribution in [3.05, 3.63) is 72.1 Å². The molecule has 2 aromatic carbocycles.